The number of fused-ring (bicyclic) bond motifs is 1. The quantitative estimate of drug-likeness (QED) is 0.827. The van der Waals surface area contributed by atoms with Gasteiger partial charge >= 0.3 is 6.18 Å². The van der Waals surface area contributed by atoms with Crippen LogP contribution >= 0.6 is 0 Å². The van der Waals surface area contributed by atoms with Gasteiger partial charge < -0.3 is 10.6 Å². The fourth-order valence-electron chi connectivity index (χ4n) is 3.14. The van der Waals surface area contributed by atoms with Crippen LogP contribution in [0.5, 0.6) is 0 Å². The van der Waals surface area contributed by atoms with Gasteiger partial charge in [0, 0.05) is 12.1 Å². The lowest BCUT2D eigenvalue weighted by atomic mass is 9.89. The smallest absolute Gasteiger partial charge is 0.347 e. The minimum absolute atomic E-state index is 0.0484. The average molecular weight is 383 g/mol. The molecule has 1 aliphatic rings. The molecule has 7 nitrogen and oxygen atoms in total. The normalized spacial score (nSPS) is 15.7. The molecule has 0 radical (unpaired) electrons. The summed E-state index contributed by atoms with van der Waals surface area (Å²) in [5.74, 6) is -0.452. The van der Waals surface area contributed by atoms with Crippen LogP contribution in [0.4, 0.5) is 13.2 Å². The van der Waals surface area contributed by atoms with Crippen molar-refractivity contribution in [2.24, 2.45) is 5.92 Å². The first-order chi connectivity index (χ1) is 12.8. The highest BCUT2D eigenvalue weighted by Crippen LogP contribution is 2.29. The topological polar surface area (TPSA) is 88.4 Å². The first-order valence-electron chi connectivity index (χ1n) is 8.80. The average Bonchev–Trinajstić information content (AvgIpc) is 3.06. The number of halogens is 3. The van der Waals surface area contributed by atoms with Gasteiger partial charge in [0.05, 0.1) is 18.7 Å². The molecular weight excluding hydrogens is 363 g/mol. The molecule has 0 unspecified atom stereocenters. The Hall–Kier alpha value is -2.65. The number of rotatable bonds is 5. The van der Waals surface area contributed by atoms with Crippen LogP contribution in [0.3, 0.4) is 0 Å². The number of carbonyl (C=O) groups excluding carboxylic acids is 2. The molecule has 0 spiro atoms. The van der Waals surface area contributed by atoms with E-state index in [1.807, 2.05) is 0 Å². The third-order valence-corrected chi connectivity index (χ3v) is 4.64. The molecule has 3 rings (SSSR count). The fourth-order valence-corrected chi connectivity index (χ4v) is 3.14. The number of aromatic nitrogens is 3. The first kappa shape index (κ1) is 19.1. The van der Waals surface area contributed by atoms with E-state index < -0.39 is 17.6 Å². The van der Waals surface area contributed by atoms with Gasteiger partial charge in [-0.2, -0.15) is 13.2 Å². The molecule has 0 atom stereocenters. The predicted molar refractivity (Wildman–Crippen MR) is 89.4 cm³/mol. The van der Waals surface area contributed by atoms with E-state index in [4.69, 9.17) is 0 Å². The van der Waals surface area contributed by atoms with Crippen LogP contribution in [0.15, 0.2) is 18.3 Å². The lowest BCUT2D eigenvalue weighted by Crippen LogP contribution is -2.40. The summed E-state index contributed by atoms with van der Waals surface area (Å²) in [5.41, 5.74) is -0.583. The van der Waals surface area contributed by atoms with Crippen molar-refractivity contribution in [2.45, 2.75) is 44.8 Å². The van der Waals surface area contributed by atoms with E-state index in [1.165, 1.54) is 10.5 Å². The maximum atomic E-state index is 12.8. The number of alkyl halides is 3. The standard InChI is InChI=1S/C17H20F3N5O2/c18-17(19,20)12-6-7-13-23-24-14(25(13)10-12)8-21-15(26)9-22-16(27)11-4-2-1-3-5-11/h6-7,10-11H,1-5,8-9H2,(H,21,26)(H,22,27). The molecule has 0 aliphatic heterocycles. The summed E-state index contributed by atoms with van der Waals surface area (Å²) >= 11 is 0. The highest BCUT2D eigenvalue weighted by Gasteiger charge is 2.31. The van der Waals surface area contributed by atoms with Crippen molar-refractivity contribution in [3.63, 3.8) is 0 Å². The number of nitrogens with zero attached hydrogens (tertiary/aromatic N) is 3. The Morgan fingerprint density at radius 3 is 2.56 bits per heavy atom. The Bertz CT molecular complexity index is 828. The van der Waals surface area contributed by atoms with E-state index in [1.54, 1.807) is 0 Å². The van der Waals surface area contributed by atoms with Crippen molar-refractivity contribution in [1.29, 1.82) is 0 Å². The SMILES string of the molecule is O=C(CNC(=O)C1CCCCC1)NCc1nnc2ccc(C(F)(F)F)cn12. The van der Waals surface area contributed by atoms with Crippen LogP contribution in [0, 0.1) is 5.92 Å². The molecule has 1 aliphatic carbocycles. The molecule has 2 N–H and O–H groups in total. The fraction of sp³-hybridized carbons (Fsp3) is 0.529. The molecule has 2 amide bonds. The van der Waals surface area contributed by atoms with E-state index in [-0.39, 0.29) is 36.4 Å². The van der Waals surface area contributed by atoms with Gasteiger partial charge in [-0.1, -0.05) is 19.3 Å². The van der Waals surface area contributed by atoms with Crippen LogP contribution in [0.2, 0.25) is 0 Å². The van der Waals surface area contributed by atoms with Crippen LogP contribution in [-0.2, 0) is 22.3 Å². The summed E-state index contributed by atoms with van der Waals surface area (Å²) in [7, 11) is 0. The Morgan fingerprint density at radius 1 is 1.11 bits per heavy atom. The van der Waals surface area contributed by atoms with Crippen molar-refractivity contribution in [3.05, 3.63) is 29.7 Å². The number of amides is 2. The minimum atomic E-state index is -4.48. The van der Waals surface area contributed by atoms with E-state index in [0.29, 0.717) is 0 Å². The first-order valence-corrected chi connectivity index (χ1v) is 8.80. The second kappa shape index (κ2) is 7.93. The second-order valence-electron chi connectivity index (χ2n) is 6.59. The number of nitrogens with one attached hydrogen (secondary N) is 2. The van der Waals surface area contributed by atoms with Crippen molar-refractivity contribution in [2.75, 3.05) is 6.54 Å². The molecule has 146 valence electrons. The maximum absolute atomic E-state index is 12.8. The molecule has 1 fully saturated rings. The van der Waals surface area contributed by atoms with Crippen LogP contribution in [-0.4, -0.2) is 33.0 Å². The summed E-state index contributed by atoms with van der Waals surface area (Å²) in [6, 6.07) is 2.14. The molecule has 0 aromatic carbocycles. The van der Waals surface area contributed by atoms with Gasteiger partial charge in [0.1, 0.15) is 0 Å². The molecular formula is C17H20F3N5O2. The summed E-state index contributed by atoms with van der Waals surface area (Å²) in [6.07, 6.45) is 1.24. The van der Waals surface area contributed by atoms with Crippen LogP contribution in [0.25, 0.3) is 5.65 Å². The Morgan fingerprint density at radius 2 is 1.85 bits per heavy atom. The lowest BCUT2D eigenvalue weighted by Gasteiger charge is -2.20. The van der Waals surface area contributed by atoms with Crippen molar-refractivity contribution < 1.29 is 22.8 Å². The number of carbonyl (C=O) groups is 2. The van der Waals surface area contributed by atoms with Gasteiger partial charge in [-0.15, -0.1) is 10.2 Å². The predicted octanol–water partition coefficient (Wildman–Crippen LogP) is 2.06. The highest BCUT2D eigenvalue weighted by atomic mass is 19.4. The van der Waals surface area contributed by atoms with E-state index >= 15 is 0 Å². The maximum Gasteiger partial charge on any atom is 0.417 e. The summed E-state index contributed by atoms with van der Waals surface area (Å²) in [5, 5.41) is 12.7. The summed E-state index contributed by atoms with van der Waals surface area (Å²) in [4.78, 5) is 23.9. The second-order valence-corrected chi connectivity index (χ2v) is 6.59. The van der Waals surface area contributed by atoms with Gasteiger partial charge in [0.2, 0.25) is 11.8 Å². The molecule has 1 saturated carbocycles. The molecule has 0 saturated heterocycles. The van der Waals surface area contributed by atoms with Crippen molar-refractivity contribution >= 4 is 17.5 Å². The highest BCUT2D eigenvalue weighted by molar-refractivity contribution is 5.85. The molecule has 0 bridgehead atoms. The summed E-state index contributed by atoms with van der Waals surface area (Å²) < 4.78 is 39.7. The molecule has 27 heavy (non-hydrogen) atoms. The van der Waals surface area contributed by atoms with Gasteiger partial charge in [-0.25, -0.2) is 0 Å². The van der Waals surface area contributed by atoms with Crippen molar-refractivity contribution in [1.82, 2.24) is 25.2 Å². The Kier molecular flexibility index (Phi) is 5.62. The molecule has 2 aromatic rings. The van der Waals surface area contributed by atoms with E-state index in [9.17, 15) is 22.8 Å². The third kappa shape index (κ3) is 4.75. The van der Waals surface area contributed by atoms with Crippen LogP contribution in [0.1, 0.15) is 43.5 Å². The Balaban J connectivity index is 1.54. The van der Waals surface area contributed by atoms with Crippen molar-refractivity contribution in [3.8, 4) is 0 Å². The van der Waals surface area contributed by atoms with Gasteiger partial charge in [0.15, 0.2) is 11.5 Å². The van der Waals surface area contributed by atoms with E-state index in [0.717, 1.165) is 44.4 Å². The van der Waals surface area contributed by atoms with Gasteiger partial charge in [0.25, 0.3) is 0 Å². The largest absolute Gasteiger partial charge is 0.417 e. The molecule has 2 aromatic heterocycles. The van der Waals surface area contributed by atoms with Gasteiger partial charge in [-0.3, -0.25) is 14.0 Å². The minimum Gasteiger partial charge on any atom is -0.347 e. The third-order valence-electron chi connectivity index (χ3n) is 4.64. The number of hydrogen-bond donors (Lipinski definition) is 2. The lowest BCUT2D eigenvalue weighted by molar-refractivity contribution is -0.137. The zero-order chi connectivity index (χ0) is 19.4. The summed E-state index contributed by atoms with van der Waals surface area (Å²) in [6.45, 7) is -0.277. The molecule has 2 heterocycles. The molecule has 10 heteroatoms. The Labute approximate surface area is 153 Å². The van der Waals surface area contributed by atoms with E-state index in [2.05, 4.69) is 20.8 Å². The monoisotopic (exact) mass is 383 g/mol. The zero-order valence-electron chi connectivity index (χ0n) is 14.6. The zero-order valence-corrected chi connectivity index (χ0v) is 14.6. The van der Waals surface area contributed by atoms with Crippen LogP contribution < -0.4 is 10.6 Å². The number of hydrogen-bond acceptors (Lipinski definition) is 4. The number of pyridine rings is 1. The van der Waals surface area contributed by atoms with Gasteiger partial charge in [-0.05, 0) is 25.0 Å².